The number of hydrogen-bond donors (Lipinski definition) is 2. The topological polar surface area (TPSA) is 111 Å². The molecule has 1 aliphatic rings. The fourth-order valence-corrected chi connectivity index (χ4v) is 4.02. The number of nitrogens with zero attached hydrogens (tertiary/aromatic N) is 1. The molecule has 1 unspecified atom stereocenters. The van der Waals surface area contributed by atoms with E-state index in [0.717, 1.165) is 19.3 Å². The van der Waals surface area contributed by atoms with Crippen LogP contribution in [-0.4, -0.2) is 23.3 Å². The van der Waals surface area contributed by atoms with Crippen molar-refractivity contribution in [1.82, 2.24) is 10.9 Å². The number of rotatable bonds is 5. The van der Waals surface area contributed by atoms with Crippen LogP contribution in [0.1, 0.15) is 33.5 Å². The molecule has 2 amide bonds. The van der Waals surface area contributed by atoms with Crippen LogP contribution in [0.15, 0.2) is 30.3 Å². The van der Waals surface area contributed by atoms with Gasteiger partial charge in [-0.3, -0.25) is 30.6 Å². The lowest BCUT2D eigenvalue weighted by atomic mass is 9.90. The fraction of sp³-hybridized carbons (Fsp3) is 0.333. The molecule has 0 radical (unpaired) electrons. The zero-order chi connectivity index (χ0) is 19.4. The first-order valence-corrected chi connectivity index (χ1v) is 9.32. The number of carbonyl (C=O) groups excluding carboxylic acids is 2. The predicted octanol–water partition coefficient (Wildman–Crippen LogP) is 2.62. The van der Waals surface area contributed by atoms with Crippen LogP contribution in [0.3, 0.4) is 0 Å². The Morgan fingerprint density at radius 2 is 2.11 bits per heavy atom. The summed E-state index contributed by atoms with van der Waals surface area (Å²) in [5.41, 5.74) is 5.59. The molecule has 1 atom stereocenters. The quantitative estimate of drug-likeness (QED) is 0.603. The molecular formula is C18H19N3O5S. The Kier molecular flexibility index (Phi) is 5.70. The Morgan fingerprint density at radius 1 is 1.33 bits per heavy atom. The highest BCUT2D eigenvalue weighted by molar-refractivity contribution is 7.14. The maximum atomic E-state index is 12.2. The van der Waals surface area contributed by atoms with Crippen molar-refractivity contribution in [2.75, 3.05) is 6.61 Å². The SMILES string of the molecule is CC1CCc2sc(C(=O)NNC(=O)COc3ccccc3[N+](=O)[O-])cc2C1. The summed E-state index contributed by atoms with van der Waals surface area (Å²) in [6.45, 7) is 1.74. The van der Waals surface area contributed by atoms with E-state index >= 15 is 0 Å². The molecular weight excluding hydrogens is 370 g/mol. The second-order valence-electron chi connectivity index (χ2n) is 6.42. The lowest BCUT2D eigenvalue weighted by molar-refractivity contribution is -0.385. The van der Waals surface area contributed by atoms with Gasteiger partial charge < -0.3 is 4.74 Å². The third-order valence-electron chi connectivity index (χ3n) is 4.29. The van der Waals surface area contributed by atoms with Gasteiger partial charge in [0.1, 0.15) is 0 Å². The number of nitro groups is 1. The molecule has 1 aliphatic carbocycles. The minimum Gasteiger partial charge on any atom is -0.477 e. The Labute approximate surface area is 159 Å². The summed E-state index contributed by atoms with van der Waals surface area (Å²) < 4.78 is 5.17. The lowest BCUT2D eigenvalue weighted by Crippen LogP contribution is -2.43. The second-order valence-corrected chi connectivity index (χ2v) is 7.56. The van der Waals surface area contributed by atoms with Gasteiger partial charge in [-0.25, -0.2) is 0 Å². The van der Waals surface area contributed by atoms with Crippen molar-refractivity contribution in [3.63, 3.8) is 0 Å². The highest BCUT2D eigenvalue weighted by Gasteiger charge is 2.21. The zero-order valence-electron chi connectivity index (χ0n) is 14.7. The number of hydrogen-bond acceptors (Lipinski definition) is 6. The maximum Gasteiger partial charge on any atom is 0.310 e. The third-order valence-corrected chi connectivity index (χ3v) is 5.53. The van der Waals surface area contributed by atoms with Crippen molar-refractivity contribution in [2.45, 2.75) is 26.2 Å². The van der Waals surface area contributed by atoms with E-state index in [2.05, 4.69) is 17.8 Å². The summed E-state index contributed by atoms with van der Waals surface area (Å²) in [4.78, 5) is 36.2. The first kappa shape index (κ1) is 18.8. The molecule has 0 bridgehead atoms. The van der Waals surface area contributed by atoms with E-state index in [1.165, 1.54) is 40.0 Å². The van der Waals surface area contributed by atoms with Crippen molar-refractivity contribution in [2.24, 2.45) is 5.92 Å². The fourth-order valence-electron chi connectivity index (χ4n) is 2.92. The number of thiophene rings is 1. The molecule has 1 heterocycles. The summed E-state index contributed by atoms with van der Waals surface area (Å²) in [5, 5.41) is 10.9. The molecule has 1 aromatic heterocycles. The predicted molar refractivity (Wildman–Crippen MR) is 99.7 cm³/mol. The molecule has 3 rings (SSSR count). The molecule has 142 valence electrons. The Bertz CT molecular complexity index is 880. The standard InChI is InChI=1S/C18H19N3O5S/c1-11-6-7-15-12(8-11)9-16(27-15)18(23)20-19-17(22)10-26-14-5-3-2-4-13(14)21(24)25/h2-5,9,11H,6-8,10H2,1H3,(H,19,22)(H,20,23). The first-order valence-electron chi connectivity index (χ1n) is 8.51. The first-order chi connectivity index (χ1) is 12.9. The van der Waals surface area contributed by atoms with Gasteiger partial charge in [0.2, 0.25) is 0 Å². The number of ether oxygens (including phenoxy) is 1. The second kappa shape index (κ2) is 8.17. The van der Waals surface area contributed by atoms with Crippen molar-refractivity contribution in [3.8, 4) is 5.75 Å². The molecule has 0 saturated carbocycles. The summed E-state index contributed by atoms with van der Waals surface area (Å²) >= 11 is 1.44. The maximum absolute atomic E-state index is 12.2. The van der Waals surface area contributed by atoms with Crippen LogP contribution in [0.5, 0.6) is 5.75 Å². The summed E-state index contributed by atoms with van der Waals surface area (Å²) in [5.74, 6) is -0.400. The average molecular weight is 389 g/mol. The highest BCUT2D eigenvalue weighted by Crippen LogP contribution is 2.32. The van der Waals surface area contributed by atoms with Gasteiger partial charge in [0.25, 0.3) is 11.8 Å². The zero-order valence-corrected chi connectivity index (χ0v) is 15.5. The van der Waals surface area contributed by atoms with Gasteiger partial charge in [-0.2, -0.15) is 0 Å². The van der Waals surface area contributed by atoms with Crippen LogP contribution in [0.2, 0.25) is 0 Å². The number of aryl methyl sites for hydroxylation is 1. The number of nitrogens with one attached hydrogen (secondary N) is 2. The van der Waals surface area contributed by atoms with Crippen molar-refractivity contribution >= 4 is 28.8 Å². The molecule has 8 nitrogen and oxygen atoms in total. The highest BCUT2D eigenvalue weighted by atomic mass is 32.1. The van der Waals surface area contributed by atoms with Gasteiger partial charge in [0.15, 0.2) is 12.4 Å². The molecule has 27 heavy (non-hydrogen) atoms. The molecule has 0 spiro atoms. The summed E-state index contributed by atoms with van der Waals surface area (Å²) in [6, 6.07) is 7.64. The Hall–Kier alpha value is -2.94. The van der Waals surface area contributed by atoms with Crippen LogP contribution in [0, 0.1) is 16.0 Å². The summed E-state index contributed by atoms with van der Waals surface area (Å²) in [6.07, 6.45) is 3.06. The number of nitro benzene ring substituents is 1. The van der Waals surface area contributed by atoms with Crippen LogP contribution in [-0.2, 0) is 17.6 Å². The smallest absolute Gasteiger partial charge is 0.310 e. The molecule has 0 aliphatic heterocycles. The lowest BCUT2D eigenvalue weighted by Gasteiger charge is -2.16. The number of amides is 2. The van der Waals surface area contributed by atoms with E-state index in [1.807, 2.05) is 6.07 Å². The van der Waals surface area contributed by atoms with E-state index in [9.17, 15) is 19.7 Å². The van der Waals surface area contributed by atoms with E-state index < -0.39 is 17.4 Å². The van der Waals surface area contributed by atoms with Crippen molar-refractivity contribution in [1.29, 1.82) is 0 Å². The minimum absolute atomic E-state index is 0.0102. The van der Waals surface area contributed by atoms with Gasteiger partial charge in [0.05, 0.1) is 9.80 Å². The van der Waals surface area contributed by atoms with E-state index in [0.29, 0.717) is 10.8 Å². The van der Waals surface area contributed by atoms with Gasteiger partial charge in [-0.15, -0.1) is 11.3 Å². The number of fused-ring (bicyclic) bond motifs is 1. The molecule has 1 aromatic carbocycles. The van der Waals surface area contributed by atoms with E-state index in [1.54, 1.807) is 6.07 Å². The number of para-hydroxylation sites is 2. The average Bonchev–Trinajstić information content (AvgIpc) is 3.07. The van der Waals surface area contributed by atoms with E-state index in [-0.39, 0.29) is 17.3 Å². The molecule has 0 saturated heterocycles. The normalized spacial score (nSPS) is 15.5. The van der Waals surface area contributed by atoms with Crippen LogP contribution < -0.4 is 15.6 Å². The van der Waals surface area contributed by atoms with Crippen LogP contribution in [0.4, 0.5) is 5.69 Å². The third kappa shape index (κ3) is 4.62. The largest absolute Gasteiger partial charge is 0.477 e. The molecule has 2 N–H and O–H groups in total. The van der Waals surface area contributed by atoms with Crippen molar-refractivity contribution in [3.05, 3.63) is 55.8 Å². The van der Waals surface area contributed by atoms with Gasteiger partial charge in [-0.1, -0.05) is 19.1 Å². The van der Waals surface area contributed by atoms with Crippen molar-refractivity contribution < 1.29 is 19.2 Å². The van der Waals surface area contributed by atoms with Crippen LogP contribution >= 0.6 is 11.3 Å². The number of benzene rings is 1. The Morgan fingerprint density at radius 3 is 2.89 bits per heavy atom. The van der Waals surface area contributed by atoms with Crippen LogP contribution in [0.25, 0.3) is 0 Å². The number of hydrazine groups is 1. The monoisotopic (exact) mass is 389 g/mol. The van der Waals surface area contributed by atoms with Gasteiger partial charge >= 0.3 is 5.69 Å². The van der Waals surface area contributed by atoms with E-state index in [4.69, 9.17) is 4.74 Å². The molecule has 9 heteroatoms. The minimum atomic E-state index is -0.614. The Balaban J connectivity index is 1.51. The van der Waals surface area contributed by atoms with Gasteiger partial charge in [-0.05, 0) is 42.9 Å². The summed E-state index contributed by atoms with van der Waals surface area (Å²) in [7, 11) is 0. The molecule has 2 aromatic rings. The van der Waals surface area contributed by atoms with Gasteiger partial charge in [0, 0.05) is 10.9 Å². The molecule has 0 fully saturated rings. The number of carbonyl (C=O) groups is 2.